The van der Waals surface area contributed by atoms with Gasteiger partial charge in [-0.3, -0.25) is 4.79 Å². The molecule has 0 bridgehead atoms. The van der Waals surface area contributed by atoms with E-state index in [0.717, 1.165) is 6.07 Å². The van der Waals surface area contributed by atoms with Gasteiger partial charge in [0.25, 0.3) is 5.91 Å². The summed E-state index contributed by atoms with van der Waals surface area (Å²) in [7, 11) is 0. The minimum atomic E-state index is -0.936. The van der Waals surface area contributed by atoms with Crippen LogP contribution in [0, 0.1) is 23.1 Å². The smallest absolute Gasteiger partial charge is 0.260 e. The Morgan fingerprint density at radius 1 is 1.32 bits per heavy atom. The maximum atomic E-state index is 13.5. The summed E-state index contributed by atoms with van der Waals surface area (Å²) in [6, 6.07) is 7.96. The predicted octanol–water partition coefficient (Wildman–Crippen LogP) is 2.48. The molecule has 0 unspecified atom stereocenters. The molecule has 0 aliphatic carbocycles. The summed E-state index contributed by atoms with van der Waals surface area (Å²) in [6.07, 6.45) is 1.20. The Labute approximate surface area is 107 Å². The van der Waals surface area contributed by atoms with E-state index in [-0.39, 0.29) is 16.8 Å². The fraction of sp³-hybridized carbons (Fsp3) is 0. The van der Waals surface area contributed by atoms with E-state index in [1.165, 1.54) is 30.5 Å². The molecular formula is C13H7F2N3O. The van der Waals surface area contributed by atoms with Gasteiger partial charge >= 0.3 is 0 Å². The largest absolute Gasteiger partial charge is 0.319 e. The Kier molecular flexibility index (Phi) is 3.48. The van der Waals surface area contributed by atoms with Crippen molar-refractivity contribution in [3.63, 3.8) is 0 Å². The highest BCUT2D eigenvalue weighted by Crippen LogP contribution is 2.16. The zero-order chi connectivity index (χ0) is 13.8. The lowest BCUT2D eigenvalue weighted by atomic mass is 10.2. The molecule has 1 N–H and O–H groups in total. The molecule has 6 heteroatoms. The van der Waals surface area contributed by atoms with E-state index in [0.29, 0.717) is 0 Å². The molecule has 94 valence electrons. The number of anilines is 1. The van der Waals surface area contributed by atoms with Gasteiger partial charge in [0.1, 0.15) is 5.82 Å². The van der Waals surface area contributed by atoms with Gasteiger partial charge in [-0.2, -0.15) is 9.65 Å². The van der Waals surface area contributed by atoms with Gasteiger partial charge in [0, 0.05) is 6.20 Å². The van der Waals surface area contributed by atoms with Crippen LogP contribution in [0.5, 0.6) is 0 Å². The maximum Gasteiger partial charge on any atom is 0.260 e. The number of nitriles is 1. The Bertz CT molecular complexity index is 680. The van der Waals surface area contributed by atoms with Crippen molar-refractivity contribution in [3.8, 4) is 6.07 Å². The fourth-order valence-electron chi connectivity index (χ4n) is 1.43. The standard InChI is InChI=1S/C13H7F2N3O/c14-10-6-8(7-16)3-4-11(10)18-13(19)9-2-1-5-17-12(9)15/h1-6H,(H,18,19). The molecule has 19 heavy (non-hydrogen) atoms. The predicted molar refractivity (Wildman–Crippen MR) is 63.3 cm³/mol. The third-order valence-electron chi connectivity index (χ3n) is 2.35. The molecule has 0 fully saturated rings. The number of rotatable bonds is 2. The second-order valence-electron chi connectivity index (χ2n) is 3.60. The monoisotopic (exact) mass is 259 g/mol. The molecule has 2 rings (SSSR count). The van der Waals surface area contributed by atoms with Crippen LogP contribution in [-0.2, 0) is 0 Å². The third kappa shape index (κ3) is 2.72. The van der Waals surface area contributed by atoms with E-state index >= 15 is 0 Å². The molecule has 0 radical (unpaired) electrons. The zero-order valence-electron chi connectivity index (χ0n) is 9.52. The molecular weight excluding hydrogens is 252 g/mol. The van der Waals surface area contributed by atoms with Crippen molar-refractivity contribution in [2.24, 2.45) is 0 Å². The quantitative estimate of drug-likeness (QED) is 0.842. The number of hydrogen-bond donors (Lipinski definition) is 1. The van der Waals surface area contributed by atoms with Crippen molar-refractivity contribution in [2.75, 3.05) is 5.32 Å². The summed E-state index contributed by atoms with van der Waals surface area (Å²) >= 11 is 0. The topological polar surface area (TPSA) is 65.8 Å². The lowest BCUT2D eigenvalue weighted by Gasteiger charge is -2.06. The SMILES string of the molecule is N#Cc1ccc(NC(=O)c2cccnc2F)c(F)c1. The first-order chi connectivity index (χ1) is 9.11. The molecule has 0 aliphatic rings. The summed E-state index contributed by atoms with van der Waals surface area (Å²) in [5.41, 5.74) is -0.290. The normalized spacial score (nSPS) is 9.74. The number of pyridine rings is 1. The van der Waals surface area contributed by atoms with Gasteiger partial charge in [-0.15, -0.1) is 0 Å². The number of carbonyl (C=O) groups excluding carboxylic acids is 1. The van der Waals surface area contributed by atoms with Crippen LogP contribution in [0.1, 0.15) is 15.9 Å². The number of benzene rings is 1. The fourth-order valence-corrected chi connectivity index (χ4v) is 1.43. The van der Waals surface area contributed by atoms with Crippen molar-refractivity contribution in [1.82, 2.24) is 4.98 Å². The van der Waals surface area contributed by atoms with Crippen molar-refractivity contribution in [3.05, 3.63) is 59.4 Å². The molecule has 0 saturated carbocycles. The molecule has 0 aliphatic heterocycles. The molecule has 1 aromatic carbocycles. The van der Waals surface area contributed by atoms with E-state index < -0.39 is 17.7 Å². The molecule has 1 amide bonds. The lowest BCUT2D eigenvalue weighted by Crippen LogP contribution is -2.15. The third-order valence-corrected chi connectivity index (χ3v) is 2.35. The van der Waals surface area contributed by atoms with Crippen LogP contribution in [-0.4, -0.2) is 10.9 Å². The van der Waals surface area contributed by atoms with Crippen LogP contribution in [0.4, 0.5) is 14.5 Å². The summed E-state index contributed by atoms with van der Waals surface area (Å²) < 4.78 is 26.8. The first kappa shape index (κ1) is 12.6. The first-order valence-corrected chi connectivity index (χ1v) is 5.23. The van der Waals surface area contributed by atoms with Crippen LogP contribution in [0.3, 0.4) is 0 Å². The van der Waals surface area contributed by atoms with Crippen LogP contribution in [0.25, 0.3) is 0 Å². The summed E-state index contributed by atoms with van der Waals surface area (Å²) in [4.78, 5) is 15.0. The van der Waals surface area contributed by atoms with Crippen molar-refractivity contribution >= 4 is 11.6 Å². The molecule has 0 atom stereocenters. The minimum absolute atomic E-state index is 0.128. The average molecular weight is 259 g/mol. The van der Waals surface area contributed by atoms with Crippen LogP contribution >= 0.6 is 0 Å². The number of hydrogen-bond acceptors (Lipinski definition) is 3. The highest BCUT2D eigenvalue weighted by molar-refractivity contribution is 6.04. The molecule has 1 heterocycles. The highest BCUT2D eigenvalue weighted by atomic mass is 19.1. The lowest BCUT2D eigenvalue weighted by molar-refractivity contribution is 0.102. The number of carbonyl (C=O) groups is 1. The van der Waals surface area contributed by atoms with E-state index in [1.807, 2.05) is 0 Å². The Balaban J connectivity index is 2.25. The molecule has 1 aromatic heterocycles. The number of aromatic nitrogens is 1. The second kappa shape index (κ2) is 5.23. The number of nitrogens with one attached hydrogen (secondary N) is 1. The summed E-state index contributed by atoms with van der Waals surface area (Å²) in [5, 5.41) is 10.8. The number of halogens is 2. The van der Waals surface area contributed by atoms with E-state index in [4.69, 9.17) is 5.26 Å². The van der Waals surface area contributed by atoms with Gasteiger partial charge in [0.15, 0.2) is 0 Å². The van der Waals surface area contributed by atoms with Gasteiger partial charge in [-0.1, -0.05) is 0 Å². The van der Waals surface area contributed by atoms with Crippen molar-refractivity contribution < 1.29 is 13.6 Å². The van der Waals surface area contributed by atoms with E-state index in [1.54, 1.807) is 6.07 Å². The highest BCUT2D eigenvalue weighted by Gasteiger charge is 2.14. The van der Waals surface area contributed by atoms with Crippen LogP contribution in [0.15, 0.2) is 36.5 Å². The minimum Gasteiger partial charge on any atom is -0.319 e. The first-order valence-electron chi connectivity index (χ1n) is 5.23. The van der Waals surface area contributed by atoms with Gasteiger partial charge in [-0.25, -0.2) is 9.37 Å². The van der Waals surface area contributed by atoms with Crippen LogP contribution < -0.4 is 5.32 Å². The molecule has 0 saturated heterocycles. The second-order valence-corrected chi connectivity index (χ2v) is 3.60. The Hall–Kier alpha value is -2.81. The van der Waals surface area contributed by atoms with Gasteiger partial charge in [0.2, 0.25) is 5.95 Å². The van der Waals surface area contributed by atoms with Crippen molar-refractivity contribution in [2.45, 2.75) is 0 Å². The number of nitrogens with zero attached hydrogens (tertiary/aromatic N) is 2. The number of amides is 1. The average Bonchev–Trinajstić information content (AvgIpc) is 2.41. The van der Waals surface area contributed by atoms with Gasteiger partial charge in [-0.05, 0) is 30.3 Å². The van der Waals surface area contributed by atoms with Gasteiger partial charge < -0.3 is 5.32 Å². The summed E-state index contributed by atoms with van der Waals surface area (Å²) in [6.45, 7) is 0. The summed E-state index contributed by atoms with van der Waals surface area (Å²) in [5.74, 6) is -2.51. The van der Waals surface area contributed by atoms with E-state index in [2.05, 4.69) is 10.3 Å². The maximum absolute atomic E-state index is 13.5. The molecule has 2 aromatic rings. The van der Waals surface area contributed by atoms with E-state index in [9.17, 15) is 13.6 Å². The zero-order valence-corrected chi connectivity index (χ0v) is 9.52. The Morgan fingerprint density at radius 3 is 2.74 bits per heavy atom. The van der Waals surface area contributed by atoms with Crippen molar-refractivity contribution in [1.29, 1.82) is 5.26 Å². The molecule has 0 spiro atoms. The Morgan fingerprint density at radius 2 is 2.11 bits per heavy atom. The molecule has 4 nitrogen and oxygen atoms in total. The van der Waals surface area contributed by atoms with Gasteiger partial charge in [0.05, 0.1) is 22.9 Å². The van der Waals surface area contributed by atoms with Crippen LogP contribution in [0.2, 0.25) is 0 Å².